The second-order valence-electron chi connectivity index (χ2n) is 4.57. The summed E-state index contributed by atoms with van der Waals surface area (Å²) in [6.07, 6.45) is 0. The number of nitriles is 2. The highest BCUT2D eigenvalue weighted by Gasteiger charge is 2.20. The summed E-state index contributed by atoms with van der Waals surface area (Å²) in [4.78, 5) is 14.2. The molecule has 0 fully saturated rings. The first-order valence-corrected chi connectivity index (χ1v) is 6.41. The number of fused-ring (bicyclic) bond motifs is 1. The molecule has 3 N–H and O–H groups in total. The number of rotatable bonds is 1. The molecule has 2 aromatic rings. The maximum absolute atomic E-state index is 11.9. The molecule has 108 valence electrons. The van der Waals surface area contributed by atoms with Crippen LogP contribution in [0, 0.1) is 22.7 Å². The van der Waals surface area contributed by atoms with E-state index in [1.54, 1.807) is 18.2 Å². The second-order valence-corrected chi connectivity index (χ2v) is 4.57. The summed E-state index contributed by atoms with van der Waals surface area (Å²) in [7, 11) is 0. The van der Waals surface area contributed by atoms with Crippen LogP contribution in [0.5, 0.6) is 11.5 Å². The van der Waals surface area contributed by atoms with E-state index in [0.29, 0.717) is 30.3 Å². The fraction of sp³-hybridized carbons (Fsp3) is 0.133. The summed E-state index contributed by atoms with van der Waals surface area (Å²) < 4.78 is 10.9. The van der Waals surface area contributed by atoms with Crippen LogP contribution >= 0.6 is 0 Å². The highest BCUT2D eigenvalue weighted by atomic mass is 16.6. The Morgan fingerprint density at radius 2 is 1.77 bits per heavy atom. The van der Waals surface area contributed by atoms with Gasteiger partial charge in [0.15, 0.2) is 11.5 Å². The largest absolute Gasteiger partial charge is 0.486 e. The third-order valence-corrected chi connectivity index (χ3v) is 3.30. The predicted molar refractivity (Wildman–Crippen MR) is 77.3 cm³/mol. The lowest BCUT2D eigenvalue weighted by Gasteiger charge is -2.19. The van der Waals surface area contributed by atoms with Gasteiger partial charge < -0.3 is 20.2 Å². The van der Waals surface area contributed by atoms with Crippen molar-refractivity contribution >= 4 is 5.82 Å². The predicted octanol–water partition coefficient (Wildman–Crippen LogP) is 1.14. The number of benzene rings is 1. The molecule has 0 amide bonds. The molecule has 0 saturated carbocycles. The van der Waals surface area contributed by atoms with E-state index in [9.17, 15) is 15.3 Å². The fourth-order valence-corrected chi connectivity index (χ4v) is 2.33. The quantitative estimate of drug-likeness (QED) is 0.812. The van der Waals surface area contributed by atoms with Gasteiger partial charge in [0.25, 0.3) is 5.56 Å². The van der Waals surface area contributed by atoms with E-state index >= 15 is 0 Å². The Balaban J connectivity index is 2.31. The van der Waals surface area contributed by atoms with Gasteiger partial charge in [-0.05, 0) is 17.7 Å². The number of anilines is 1. The van der Waals surface area contributed by atoms with Crippen LogP contribution in [0.25, 0.3) is 11.1 Å². The van der Waals surface area contributed by atoms with Crippen molar-refractivity contribution in [2.75, 3.05) is 18.9 Å². The number of ether oxygens (including phenoxy) is 2. The van der Waals surface area contributed by atoms with Crippen LogP contribution in [-0.4, -0.2) is 18.2 Å². The summed E-state index contributed by atoms with van der Waals surface area (Å²) >= 11 is 0. The molecule has 0 saturated heterocycles. The molecular weight excluding hydrogens is 284 g/mol. The van der Waals surface area contributed by atoms with Gasteiger partial charge >= 0.3 is 0 Å². The zero-order valence-corrected chi connectivity index (χ0v) is 11.3. The van der Waals surface area contributed by atoms with Crippen molar-refractivity contribution in [2.24, 2.45) is 0 Å². The lowest BCUT2D eigenvalue weighted by molar-refractivity contribution is 0.171. The monoisotopic (exact) mass is 294 g/mol. The number of nitrogen functional groups attached to an aromatic ring is 1. The van der Waals surface area contributed by atoms with Crippen LogP contribution in [0.3, 0.4) is 0 Å². The summed E-state index contributed by atoms with van der Waals surface area (Å²) in [5.74, 6) is 0.997. The van der Waals surface area contributed by atoms with Gasteiger partial charge in [0.2, 0.25) is 0 Å². The highest BCUT2D eigenvalue weighted by molar-refractivity contribution is 5.81. The number of aromatic nitrogens is 1. The number of pyridine rings is 1. The molecule has 0 bridgehead atoms. The molecule has 1 aliphatic heterocycles. The Bertz CT molecular complexity index is 903. The van der Waals surface area contributed by atoms with E-state index in [4.69, 9.17) is 15.2 Å². The number of H-pyrrole nitrogens is 1. The van der Waals surface area contributed by atoms with Crippen LogP contribution < -0.4 is 20.8 Å². The summed E-state index contributed by atoms with van der Waals surface area (Å²) in [6.45, 7) is 0.862. The molecule has 0 radical (unpaired) electrons. The minimum atomic E-state index is -0.635. The second kappa shape index (κ2) is 5.15. The van der Waals surface area contributed by atoms with Crippen LogP contribution in [0.15, 0.2) is 23.0 Å². The van der Waals surface area contributed by atoms with Crippen molar-refractivity contribution in [3.8, 4) is 34.8 Å². The van der Waals surface area contributed by atoms with E-state index in [1.807, 2.05) is 12.1 Å². The van der Waals surface area contributed by atoms with Crippen molar-refractivity contribution in [3.05, 3.63) is 39.7 Å². The molecule has 2 heterocycles. The minimum Gasteiger partial charge on any atom is -0.486 e. The van der Waals surface area contributed by atoms with Crippen molar-refractivity contribution < 1.29 is 9.47 Å². The molecule has 7 nitrogen and oxygen atoms in total. The number of hydrogen-bond donors (Lipinski definition) is 2. The standard InChI is InChI=1S/C15H10N4O3/c16-6-9-13(10(7-17)15(20)19-14(9)18)8-1-2-11-12(5-8)22-4-3-21-11/h1-2,5H,3-4H2,(H3,18,19,20). The summed E-state index contributed by atoms with van der Waals surface area (Å²) in [5.41, 5.74) is 5.63. The number of nitrogens with two attached hydrogens (primary N) is 1. The highest BCUT2D eigenvalue weighted by Crippen LogP contribution is 2.36. The van der Waals surface area contributed by atoms with Crippen LogP contribution in [0.1, 0.15) is 11.1 Å². The van der Waals surface area contributed by atoms with Gasteiger partial charge in [-0.25, -0.2) is 0 Å². The summed E-state index contributed by atoms with van der Waals surface area (Å²) in [6, 6.07) is 8.70. The molecule has 22 heavy (non-hydrogen) atoms. The molecule has 0 aliphatic carbocycles. The fourth-order valence-electron chi connectivity index (χ4n) is 2.33. The SMILES string of the molecule is N#Cc1c(N)[nH]c(=O)c(C#N)c1-c1ccc2c(c1)OCCO2. The normalized spacial score (nSPS) is 12.3. The van der Waals surface area contributed by atoms with Gasteiger partial charge in [-0.2, -0.15) is 10.5 Å². The van der Waals surface area contributed by atoms with E-state index in [0.717, 1.165) is 0 Å². The van der Waals surface area contributed by atoms with Gasteiger partial charge in [-0.3, -0.25) is 4.79 Å². The molecule has 0 spiro atoms. The molecule has 3 rings (SSSR count). The van der Waals surface area contributed by atoms with Gasteiger partial charge in [-0.15, -0.1) is 0 Å². The maximum atomic E-state index is 11.9. The third-order valence-electron chi connectivity index (χ3n) is 3.30. The smallest absolute Gasteiger partial charge is 0.268 e. The molecule has 0 unspecified atom stereocenters. The Morgan fingerprint density at radius 3 is 2.45 bits per heavy atom. The van der Waals surface area contributed by atoms with Crippen LogP contribution in [-0.2, 0) is 0 Å². The van der Waals surface area contributed by atoms with Crippen LogP contribution in [0.4, 0.5) is 5.82 Å². The first kappa shape index (κ1) is 13.5. The lowest BCUT2D eigenvalue weighted by Crippen LogP contribution is -2.17. The van der Waals surface area contributed by atoms with E-state index < -0.39 is 5.56 Å². The zero-order valence-electron chi connectivity index (χ0n) is 11.3. The van der Waals surface area contributed by atoms with Crippen molar-refractivity contribution in [1.29, 1.82) is 10.5 Å². The molecule has 7 heteroatoms. The Kier molecular flexibility index (Phi) is 3.17. The topological polar surface area (TPSA) is 125 Å². The first-order chi connectivity index (χ1) is 10.7. The van der Waals surface area contributed by atoms with E-state index in [-0.39, 0.29) is 22.5 Å². The van der Waals surface area contributed by atoms with Crippen molar-refractivity contribution in [3.63, 3.8) is 0 Å². The van der Waals surface area contributed by atoms with Gasteiger partial charge in [0, 0.05) is 5.56 Å². The number of aromatic amines is 1. The average molecular weight is 294 g/mol. The first-order valence-electron chi connectivity index (χ1n) is 6.41. The van der Waals surface area contributed by atoms with Crippen molar-refractivity contribution in [2.45, 2.75) is 0 Å². The van der Waals surface area contributed by atoms with Gasteiger partial charge in [0.05, 0.1) is 0 Å². The molecule has 1 aromatic carbocycles. The average Bonchev–Trinajstić information content (AvgIpc) is 2.54. The van der Waals surface area contributed by atoms with E-state index in [2.05, 4.69) is 4.98 Å². The molecule has 0 atom stereocenters. The molecule has 1 aromatic heterocycles. The van der Waals surface area contributed by atoms with E-state index in [1.165, 1.54) is 0 Å². The summed E-state index contributed by atoms with van der Waals surface area (Å²) in [5, 5.41) is 18.5. The lowest BCUT2D eigenvalue weighted by atomic mass is 9.96. The maximum Gasteiger partial charge on any atom is 0.268 e. The number of hydrogen-bond acceptors (Lipinski definition) is 6. The Hall–Kier alpha value is -3.45. The number of nitrogens with zero attached hydrogens (tertiary/aromatic N) is 2. The minimum absolute atomic E-state index is 0.0489. The van der Waals surface area contributed by atoms with Crippen LogP contribution in [0.2, 0.25) is 0 Å². The molecule has 1 aliphatic rings. The van der Waals surface area contributed by atoms with Gasteiger partial charge in [0.1, 0.15) is 42.3 Å². The number of nitrogens with one attached hydrogen (secondary N) is 1. The zero-order chi connectivity index (χ0) is 15.7. The molecular formula is C15H10N4O3. The van der Waals surface area contributed by atoms with Gasteiger partial charge in [-0.1, -0.05) is 6.07 Å². The Labute approximate surface area is 125 Å². The Morgan fingerprint density at radius 1 is 1.09 bits per heavy atom. The third kappa shape index (κ3) is 2.02. The van der Waals surface area contributed by atoms with Crippen molar-refractivity contribution in [1.82, 2.24) is 4.98 Å².